The molecule has 0 amide bonds. The number of pyridine rings is 1. The molecule has 0 spiro atoms. The maximum absolute atomic E-state index is 11.9. The third-order valence-electron chi connectivity index (χ3n) is 1.43. The van der Waals surface area contributed by atoms with E-state index in [0.717, 1.165) is 6.07 Å². The largest absolute Gasteiger partial charge is 0.575 e. The van der Waals surface area contributed by atoms with E-state index in [1.165, 1.54) is 6.07 Å². The van der Waals surface area contributed by atoms with Gasteiger partial charge in [-0.05, 0) is 20.9 Å². The highest BCUT2D eigenvalue weighted by Crippen LogP contribution is 2.30. The van der Waals surface area contributed by atoms with Crippen molar-refractivity contribution in [2.24, 2.45) is 0 Å². The predicted molar refractivity (Wildman–Crippen MR) is 50.0 cm³/mol. The molecular weight excluding hydrogens is 311 g/mol. The molecule has 0 aliphatic heterocycles. The van der Waals surface area contributed by atoms with Crippen molar-refractivity contribution in [2.75, 3.05) is 0 Å². The smallest absolute Gasteiger partial charge is 0.366 e. The molecule has 0 N–H and O–H groups in total. The van der Waals surface area contributed by atoms with E-state index >= 15 is 0 Å². The molecule has 0 radical (unpaired) electrons. The van der Waals surface area contributed by atoms with Crippen LogP contribution in [0.4, 0.5) is 19.0 Å². The summed E-state index contributed by atoms with van der Waals surface area (Å²) in [6.45, 7) is 0. The van der Waals surface area contributed by atoms with Crippen LogP contribution >= 0.6 is 15.9 Å². The second kappa shape index (κ2) is 4.54. The topological polar surface area (TPSA) is 89.0 Å². The third-order valence-corrected chi connectivity index (χ3v) is 2.06. The average Bonchev–Trinajstić information content (AvgIpc) is 2.13. The molecule has 0 fully saturated rings. The lowest BCUT2D eigenvalue weighted by atomic mass is 10.3. The first-order chi connectivity index (χ1) is 7.74. The number of aromatic nitrogens is 1. The molecule has 10 heteroatoms. The van der Waals surface area contributed by atoms with Crippen LogP contribution in [0.1, 0.15) is 5.56 Å². The van der Waals surface area contributed by atoms with Gasteiger partial charge in [-0.1, -0.05) is 0 Å². The number of nitriles is 1. The Labute approximate surface area is 99.9 Å². The molecule has 0 saturated heterocycles. The molecule has 1 heterocycles. The fourth-order valence-electron chi connectivity index (χ4n) is 0.886. The third kappa shape index (κ3) is 3.28. The number of alkyl halides is 3. The summed E-state index contributed by atoms with van der Waals surface area (Å²) in [5.74, 6) is -2.03. The van der Waals surface area contributed by atoms with Crippen LogP contribution in [-0.2, 0) is 0 Å². The molecule has 17 heavy (non-hydrogen) atoms. The van der Waals surface area contributed by atoms with Gasteiger partial charge in [0.05, 0.1) is 4.47 Å². The van der Waals surface area contributed by atoms with Gasteiger partial charge in [0.1, 0.15) is 6.07 Å². The van der Waals surface area contributed by atoms with Crippen LogP contribution in [0.5, 0.6) is 5.88 Å². The maximum Gasteiger partial charge on any atom is 0.575 e. The van der Waals surface area contributed by atoms with Crippen LogP contribution in [0, 0.1) is 21.4 Å². The summed E-state index contributed by atoms with van der Waals surface area (Å²) in [6, 6.07) is 2.17. The van der Waals surface area contributed by atoms with Gasteiger partial charge >= 0.3 is 18.1 Å². The number of nitro groups is 1. The zero-order valence-electron chi connectivity index (χ0n) is 7.66. The number of halogens is 4. The van der Waals surface area contributed by atoms with E-state index < -0.39 is 28.5 Å². The Bertz CT molecular complexity index is 512. The summed E-state index contributed by atoms with van der Waals surface area (Å²) in [7, 11) is 0. The van der Waals surface area contributed by atoms with Gasteiger partial charge in [-0.3, -0.25) is 0 Å². The van der Waals surface area contributed by atoms with Crippen molar-refractivity contribution in [3.8, 4) is 11.9 Å². The molecule has 0 aliphatic carbocycles. The lowest BCUT2D eigenvalue weighted by Gasteiger charge is -2.05. The molecule has 0 saturated carbocycles. The van der Waals surface area contributed by atoms with E-state index in [4.69, 9.17) is 5.26 Å². The molecule has 1 aromatic heterocycles. The van der Waals surface area contributed by atoms with Gasteiger partial charge in [-0.2, -0.15) is 5.26 Å². The van der Waals surface area contributed by atoms with Crippen LogP contribution in [-0.4, -0.2) is 16.3 Å². The summed E-state index contributed by atoms with van der Waals surface area (Å²) in [6.07, 6.45) is -5.02. The normalized spacial score (nSPS) is 10.8. The molecule has 0 unspecified atom stereocenters. The molecule has 1 rings (SSSR count). The molecule has 0 aliphatic rings. The first-order valence-corrected chi connectivity index (χ1v) is 4.54. The lowest BCUT2D eigenvalue weighted by molar-refractivity contribution is -0.390. The van der Waals surface area contributed by atoms with Crippen LogP contribution in [0.25, 0.3) is 0 Å². The zero-order chi connectivity index (χ0) is 13.2. The highest BCUT2D eigenvalue weighted by atomic mass is 79.9. The minimum Gasteiger partial charge on any atom is -0.366 e. The first kappa shape index (κ1) is 13.2. The Morgan fingerprint density at radius 1 is 1.59 bits per heavy atom. The van der Waals surface area contributed by atoms with Crippen molar-refractivity contribution >= 4 is 21.7 Å². The second-order valence-corrected chi connectivity index (χ2v) is 3.41. The predicted octanol–water partition coefficient (Wildman–Crippen LogP) is 2.52. The number of nitrogens with zero attached hydrogens (tertiary/aromatic N) is 3. The highest BCUT2D eigenvalue weighted by molar-refractivity contribution is 9.10. The Morgan fingerprint density at radius 2 is 2.18 bits per heavy atom. The highest BCUT2D eigenvalue weighted by Gasteiger charge is 2.35. The lowest BCUT2D eigenvalue weighted by Crippen LogP contribution is -2.18. The summed E-state index contributed by atoms with van der Waals surface area (Å²) in [5, 5.41) is 19.1. The average molecular weight is 312 g/mol. The van der Waals surface area contributed by atoms with Crippen LogP contribution < -0.4 is 4.74 Å². The first-order valence-electron chi connectivity index (χ1n) is 3.75. The fourth-order valence-corrected chi connectivity index (χ4v) is 1.35. The van der Waals surface area contributed by atoms with E-state index in [1.54, 1.807) is 0 Å². The van der Waals surface area contributed by atoms with Gasteiger partial charge in [0.15, 0.2) is 5.56 Å². The van der Waals surface area contributed by atoms with Gasteiger partial charge in [0.2, 0.25) is 0 Å². The SMILES string of the molecule is N#Cc1c(Br)cc(OC(F)(F)F)nc1[N+](=O)[O-]. The van der Waals surface area contributed by atoms with Crippen molar-refractivity contribution in [1.82, 2.24) is 4.98 Å². The zero-order valence-corrected chi connectivity index (χ0v) is 9.24. The summed E-state index contributed by atoms with van der Waals surface area (Å²) in [4.78, 5) is 12.4. The Hall–Kier alpha value is -1.89. The van der Waals surface area contributed by atoms with Crippen LogP contribution in [0.2, 0.25) is 0 Å². The van der Waals surface area contributed by atoms with Gasteiger partial charge in [-0.25, -0.2) is 0 Å². The summed E-state index contributed by atoms with van der Waals surface area (Å²) >= 11 is 2.72. The molecule has 0 atom stereocenters. The van der Waals surface area contributed by atoms with E-state index in [0.29, 0.717) is 0 Å². The molecule has 6 nitrogen and oxygen atoms in total. The Balaban J connectivity index is 3.31. The minimum atomic E-state index is -5.02. The molecular formula is C7HBrF3N3O3. The van der Waals surface area contributed by atoms with E-state index in [9.17, 15) is 23.3 Å². The van der Waals surface area contributed by atoms with E-state index in [1.807, 2.05) is 0 Å². The van der Waals surface area contributed by atoms with E-state index in [2.05, 4.69) is 25.7 Å². The van der Waals surface area contributed by atoms with Gasteiger partial charge in [0, 0.05) is 11.1 Å². The molecule has 0 bridgehead atoms. The van der Waals surface area contributed by atoms with Gasteiger partial charge in [0.25, 0.3) is 0 Å². The standard InChI is InChI=1S/C7HBrF3N3O3/c8-4-1-5(17-7(9,10)11)13-6(14(15)16)3(4)2-12/h1H. The van der Waals surface area contributed by atoms with Gasteiger partial charge < -0.3 is 14.9 Å². The minimum absolute atomic E-state index is 0.207. The van der Waals surface area contributed by atoms with Crippen LogP contribution in [0.3, 0.4) is 0 Å². The monoisotopic (exact) mass is 311 g/mol. The quantitative estimate of drug-likeness (QED) is 0.618. The van der Waals surface area contributed by atoms with Crippen molar-refractivity contribution in [3.05, 3.63) is 26.2 Å². The van der Waals surface area contributed by atoms with E-state index in [-0.39, 0.29) is 4.47 Å². The number of hydrogen-bond acceptors (Lipinski definition) is 5. The van der Waals surface area contributed by atoms with Crippen molar-refractivity contribution in [3.63, 3.8) is 0 Å². The van der Waals surface area contributed by atoms with Crippen molar-refractivity contribution < 1.29 is 22.8 Å². The fraction of sp³-hybridized carbons (Fsp3) is 0.143. The Morgan fingerprint density at radius 3 is 2.59 bits per heavy atom. The van der Waals surface area contributed by atoms with Crippen LogP contribution in [0.15, 0.2) is 10.5 Å². The second-order valence-electron chi connectivity index (χ2n) is 2.56. The van der Waals surface area contributed by atoms with Crippen molar-refractivity contribution in [2.45, 2.75) is 6.36 Å². The Kier molecular flexibility index (Phi) is 3.52. The number of ether oxygens (including phenoxy) is 1. The van der Waals surface area contributed by atoms with Crippen molar-refractivity contribution in [1.29, 1.82) is 5.26 Å². The molecule has 0 aromatic carbocycles. The summed E-state index contributed by atoms with van der Waals surface area (Å²) in [5.41, 5.74) is -0.482. The number of rotatable bonds is 2. The molecule has 1 aromatic rings. The molecule has 90 valence electrons. The number of hydrogen-bond donors (Lipinski definition) is 0. The maximum atomic E-state index is 11.9. The van der Waals surface area contributed by atoms with Gasteiger partial charge in [-0.15, -0.1) is 13.2 Å². The summed E-state index contributed by atoms with van der Waals surface area (Å²) < 4.78 is 38.8.